The minimum Gasteiger partial charge on any atom is -0.448 e. The molecule has 150 valence electrons. The lowest BCUT2D eigenvalue weighted by atomic mass is 9.94. The third kappa shape index (κ3) is 3.20. The lowest BCUT2D eigenvalue weighted by Crippen LogP contribution is -2.40. The van der Waals surface area contributed by atoms with Gasteiger partial charge in [0, 0.05) is 30.8 Å². The van der Waals surface area contributed by atoms with E-state index >= 15 is 0 Å². The summed E-state index contributed by atoms with van der Waals surface area (Å²) in [6.07, 6.45) is 6.71. The Morgan fingerprint density at radius 3 is 2.69 bits per heavy atom. The molecule has 0 saturated heterocycles. The first-order chi connectivity index (χ1) is 14.0. The van der Waals surface area contributed by atoms with Crippen LogP contribution in [0.25, 0.3) is 11.1 Å². The van der Waals surface area contributed by atoms with Crippen molar-refractivity contribution < 1.29 is 18.8 Å². The first kappa shape index (κ1) is 18.0. The van der Waals surface area contributed by atoms with Crippen molar-refractivity contribution in [1.82, 2.24) is 10.1 Å². The fraction of sp³-hybridized carbons (Fsp3) is 0.409. The molecule has 1 spiro atoms. The van der Waals surface area contributed by atoms with E-state index in [2.05, 4.69) is 15.5 Å². The molecule has 7 nitrogen and oxygen atoms in total. The van der Waals surface area contributed by atoms with Gasteiger partial charge in [0.2, 0.25) is 0 Å². The summed E-state index contributed by atoms with van der Waals surface area (Å²) in [6.45, 7) is 4.05. The maximum Gasteiger partial charge on any atom is 0.257 e. The fourth-order valence-electron chi connectivity index (χ4n) is 4.06. The molecule has 1 aliphatic heterocycles. The minimum atomic E-state index is -0.528. The minimum absolute atomic E-state index is 0.178. The number of fused-ring (bicyclic) bond motifs is 2. The number of rotatable bonds is 3. The Kier molecular flexibility index (Phi) is 4.19. The number of benzene rings is 1. The van der Waals surface area contributed by atoms with E-state index in [9.17, 15) is 4.79 Å². The second-order valence-corrected chi connectivity index (χ2v) is 8.09. The van der Waals surface area contributed by atoms with Crippen LogP contribution in [0.3, 0.4) is 0 Å². The quantitative estimate of drug-likeness (QED) is 0.672. The lowest BCUT2D eigenvalue weighted by Gasteiger charge is -2.31. The molecule has 1 fully saturated rings. The summed E-state index contributed by atoms with van der Waals surface area (Å²) in [6, 6.07) is 7.27. The summed E-state index contributed by atoms with van der Waals surface area (Å²) in [4.78, 5) is 17.0. The Morgan fingerprint density at radius 1 is 1.10 bits per heavy atom. The van der Waals surface area contributed by atoms with Crippen LogP contribution in [-0.2, 0) is 0 Å². The smallest absolute Gasteiger partial charge is 0.257 e. The standard InChI is InChI=1S/C22H23N3O4/c1-13(2)19-16-10-14(12-23-21(16)29-25-19)20(26)24-15-6-7-17-18(11-15)28-22(27-17)8-4-3-5-9-22/h6-7,10-13H,3-5,8-9H2,1-2H3,(H,24,26). The number of hydrogen-bond donors (Lipinski definition) is 1. The van der Waals surface area contributed by atoms with E-state index in [1.807, 2.05) is 32.0 Å². The molecule has 0 radical (unpaired) electrons. The van der Waals surface area contributed by atoms with E-state index in [1.165, 1.54) is 12.6 Å². The number of aromatic nitrogens is 2. The molecule has 2 aliphatic rings. The van der Waals surface area contributed by atoms with Crippen molar-refractivity contribution >= 4 is 22.7 Å². The van der Waals surface area contributed by atoms with Gasteiger partial charge < -0.3 is 19.3 Å². The van der Waals surface area contributed by atoms with Crippen LogP contribution in [-0.4, -0.2) is 21.8 Å². The zero-order chi connectivity index (χ0) is 20.0. The van der Waals surface area contributed by atoms with Crippen molar-refractivity contribution in [3.63, 3.8) is 0 Å². The Labute approximate surface area is 168 Å². The Bertz CT molecular complexity index is 1080. The molecular formula is C22H23N3O4. The predicted molar refractivity (Wildman–Crippen MR) is 107 cm³/mol. The number of nitrogens with zero attached hydrogens (tertiary/aromatic N) is 2. The van der Waals surface area contributed by atoms with Gasteiger partial charge in [-0.3, -0.25) is 4.79 Å². The van der Waals surface area contributed by atoms with Gasteiger partial charge in [0.05, 0.1) is 16.6 Å². The highest BCUT2D eigenvalue weighted by molar-refractivity contribution is 6.05. The van der Waals surface area contributed by atoms with Crippen molar-refractivity contribution in [3.8, 4) is 11.5 Å². The summed E-state index contributed by atoms with van der Waals surface area (Å²) in [7, 11) is 0. The molecule has 7 heteroatoms. The van der Waals surface area contributed by atoms with E-state index < -0.39 is 5.79 Å². The van der Waals surface area contributed by atoms with Gasteiger partial charge in [0.1, 0.15) is 0 Å². The number of pyridine rings is 1. The average Bonchev–Trinajstić information content (AvgIpc) is 3.28. The maximum absolute atomic E-state index is 12.8. The molecule has 2 aromatic heterocycles. The molecule has 0 bridgehead atoms. The number of carbonyl (C=O) groups is 1. The van der Waals surface area contributed by atoms with Gasteiger partial charge in [-0.2, -0.15) is 0 Å². The van der Waals surface area contributed by atoms with Gasteiger partial charge in [-0.25, -0.2) is 4.98 Å². The number of hydrogen-bond acceptors (Lipinski definition) is 6. The third-order valence-electron chi connectivity index (χ3n) is 5.58. The normalized spacial score (nSPS) is 17.2. The van der Waals surface area contributed by atoms with Crippen LogP contribution in [0.15, 0.2) is 35.0 Å². The molecule has 1 saturated carbocycles. The first-order valence-electron chi connectivity index (χ1n) is 10.1. The Balaban J connectivity index is 1.36. The fourth-order valence-corrected chi connectivity index (χ4v) is 4.06. The van der Waals surface area contributed by atoms with Crippen LogP contribution in [0.1, 0.15) is 67.9 Å². The van der Waals surface area contributed by atoms with Crippen LogP contribution >= 0.6 is 0 Å². The molecule has 29 heavy (non-hydrogen) atoms. The third-order valence-corrected chi connectivity index (χ3v) is 5.58. The molecule has 3 heterocycles. The highest BCUT2D eigenvalue weighted by Gasteiger charge is 2.42. The number of ether oxygens (including phenoxy) is 2. The van der Waals surface area contributed by atoms with E-state index in [1.54, 1.807) is 6.07 Å². The van der Waals surface area contributed by atoms with Gasteiger partial charge in [-0.15, -0.1) is 0 Å². The number of anilines is 1. The number of nitrogens with one attached hydrogen (secondary N) is 1. The Hall–Kier alpha value is -3.09. The molecule has 5 rings (SSSR count). The molecular weight excluding hydrogens is 370 g/mol. The van der Waals surface area contributed by atoms with Crippen LogP contribution in [0, 0.1) is 0 Å². The molecule has 0 atom stereocenters. The maximum atomic E-state index is 12.8. The molecule has 3 aromatic rings. The second-order valence-electron chi connectivity index (χ2n) is 8.09. The van der Waals surface area contributed by atoms with Crippen LogP contribution in [0.4, 0.5) is 5.69 Å². The molecule has 1 aromatic carbocycles. The highest BCUT2D eigenvalue weighted by Crippen LogP contribution is 2.46. The second kappa shape index (κ2) is 6.76. The van der Waals surface area contributed by atoms with Crippen molar-refractivity contribution in [1.29, 1.82) is 0 Å². The summed E-state index contributed by atoms with van der Waals surface area (Å²) in [5.74, 6) is 0.817. The van der Waals surface area contributed by atoms with Gasteiger partial charge in [0.15, 0.2) is 11.5 Å². The van der Waals surface area contributed by atoms with Crippen molar-refractivity contribution in [2.45, 2.75) is 57.7 Å². The van der Waals surface area contributed by atoms with Crippen molar-refractivity contribution in [2.24, 2.45) is 0 Å². The molecule has 1 aliphatic carbocycles. The van der Waals surface area contributed by atoms with Gasteiger partial charge in [0.25, 0.3) is 17.4 Å². The van der Waals surface area contributed by atoms with Crippen molar-refractivity contribution in [2.75, 3.05) is 5.32 Å². The Morgan fingerprint density at radius 2 is 1.90 bits per heavy atom. The molecule has 1 amide bonds. The zero-order valence-corrected chi connectivity index (χ0v) is 16.5. The monoisotopic (exact) mass is 393 g/mol. The van der Waals surface area contributed by atoms with E-state index in [0.717, 1.165) is 42.5 Å². The lowest BCUT2D eigenvalue weighted by molar-refractivity contribution is -0.105. The van der Waals surface area contributed by atoms with E-state index in [-0.39, 0.29) is 11.8 Å². The highest BCUT2D eigenvalue weighted by atomic mass is 16.7. The van der Waals surface area contributed by atoms with Gasteiger partial charge in [-0.1, -0.05) is 25.4 Å². The average molecular weight is 393 g/mol. The SMILES string of the molecule is CC(C)c1noc2ncc(C(=O)Nc3ccc4c(c3)OC3(CCCCC3)O4)cc12. The van der Waals surface area contributed by atoms with Crippen LogP contribution in [0.2, 0.25) is 0 Å². The summed E-state index contributed by atoms with van der Waals surface area (Å²) >= 11 is 0. The van der Waals surface area contributed by atoms with Crippen molar-refractivity contribution in [3.05, 3.63) is 41.7 Å². The summed E-state index contributed by atoms with van der Waals surface area (Å²) < 4.78 is 17.5. The largest absolute Gasteiger partial charge is 0.448 e. The number of carbonyl (C=O) groups excluding carboxylic acids is 1. The summed E-state index contributed by atoms with van der Waals surface area (Å²) in [5.41, 5.74) is 2.33. The molecule has 0 unspecified atom stereocenters. The van der Waals surface area contributed by atoms with Crippen LogP contribution in [0.5, 0.6) is 11.5 Å². The zero-order valence-electron chi connectivity index (χ0n) is 16.5. The predicted octanol–water partition coefficient (Wildman–Crippen LogP) is 5.03. The van der Waals surface area contributed by atoms with E-state index in [4.69, 9.17) is 14.0 Å². The first-order valence-corrected chi connectivity index (χ1v) is 10.1. The topological polar surface area (TPSA) is 86.5 Å². The van der Waals surface area contributed by atoms with E-state index in [0.29, 0.717) is 22.7 Å². The van der Waals surface area contributed by atoms with Gasteiger partial charge >= 0.3 is 0 Å². The summed E-state index contributed by atoms with van der Waals surface area (Å²) in [5, 5.41) is 7.74. The molecule has 1 N–H and O–H groups in total. The van der Waals surface area contributed by atoms with Crippen LogP contribution < -0.4 is 14.8 Å². The van der Waals surface area contributed by atoms with Gasteiger partial charge in [-0.05, 0) is 37.0 Å². The number of amides is 1.